The zero-order chi connectivity index (χ0) is 16.0. The molecule has 0 aliphatic carbocycles. The summed E-state index contributed by atoms with van der Waals surface area (Å²) < 4.78 is 4.87. The van der Waals surface area contributed by atoms with Crippen molar-refractivity contribution >= 4 is 17.5 Å². The molecule has 5 nitrogen and oxygen atoms in total. The van der Waals surface area contributed by atoms with Crippen LogP contribution in [0.25, 0.3) is 0 Å². The Morgan fingerprint density at radius 2 is 1.81 bits per heavy atom. The Morgan fingerprint density at radius 3 is 2.38 bits per heavy atom. The lowest BCUT2D eigenvalue weighted by atomic mass is 9.91. The van der Waals surface area contributed by atoms with E-state index in [-0.39, 0.29) is 11.8 Å². The van der Waals surface area contributed by atoms with Gasteiger partial charge in [0.15, 0.2) is 0 Å². The summed E-state index contributed by atoms with van der Waals surface area (Å²) in [5.74, 6) is -0.651. The third-order valence-electron chi connectivity index (χ3n) is 3.49. The van der Waals surface area contributed by atoms with Crippen LogP contribution in [0.5, 0.6) is 0 Å². The first kappa shape index (κ1) is 17.2. The summed E-state index contributed by atoms with van der Waals surface area (Å²) in [5.41, 5.74) is 1.80. The Hall–Kier alpha value is -1.88. The van der Waals surface area contributed by atoms with E-state index in [1.165, 1.54) is 0 Å². The molecule has 1 aromatic rings. The fraction of sp³-hybridized carbons (Fsp3) is 0.500. The van der Waals surface area contributed by atoms with Gasteiger partial charge in [-0.15, -0.1) is 0 Å². The summed E-state index contributed by atoms with van der Waals surface area (Å²) in [4.78, 5) is 24.4. The first-order valence-corrected chi connectivity index (χ1v) is 6.95. The van der Waals surface area contributed by atoms with Crippen LogP contribution >= 0.6 is 0 Å². The van der Waals surface area contributed by atoms with Crippen LogP contribution in [0.15, 0.2) is 18.2 Å². The third kappa shape index (κ3) is 4.56. The van der Waals surface area contributed by atoms with Crippen molar-refractivity contribution in [3.63, 3.8) is 0 Å². The number of nitrogens with one attached hydrogen (secondary N) is 2. The van der Waals surface area contributed by atoms with E-state index >= 15 is 0 Å². The highest BCUT2D eigenvalue weighted by molar-refractivity contribution is 6.09. The molecule has 5 heteroatoms. The van der Waals surface area contributed by atoms with Crippen molar-refractivity contribution < 1.29 is 14.3 Å². The van der Waals surface area contributed by atoms with E-state index in [9.17, 15) is 9.59 Å². The number of ether oxygens (including phenoxy) is 1. The summed E-state index contributed by atoms with van der Waals surface area (Å²) in [6.07, 6.45) is 0. The fourth-order valence-electron chi connectivity index (χ4n) is 1.70. The van der Waals surface area contributed by atoms with Gasteiger partial charge in [0.1, 0.15) is 5.41 Å². The number of aryl methyl sites for hydroxylation is 2. The minimum Gasteiger partial charge on any atom is -0.383 e. The molecule has 116 valence electrons. The second-order valence-electron chi connectivity index (χ2n) is 5.63. The summed E-state index contributed by atoms with van der Waals surface area (Å²) >= 11 is 0. The number of rotatable bonds is 6. The highest BCUT2D eigenvalue weighted by Crippen LogP contribution is 2.20. The minimum atomic E-state index is -1.15. The monoisotopic (exact) mass is 292 g/mol. The lowest BCUT2D eigenvalue weighted by Crippen LogP contribution is -2.45. The molecule has 0 aromatic heterocycles. The van der Waals surface area contributed by atoms with Crippen LogP contribution in [0.3, 0.4) is 0 Å². The smallest absolute Gasteiger partial charge is 0.239 e. The molecule has 0 aliphatic rings. The van der Waals surface area contributed by atoms with Crippen molar-refractivity contribution in [2.24, 2.45) is 5.41 Å². The van der Waals surface area contributed by atoms with Gasteiger partial charge in [-0.1, -0.05) is 6.07 Å². The molecule has 0 saturated carbocycles. The molecule has 0 radical (unpaired) electrons. The second kappa shape index (κ2) is 7.22. The number of anilines is 1. The van der Waals surface area contributed by atoms with Gasteiger partial charge in [0.05, 0.1) is 6.61 Å². The van der Waals surface area contributed by atoms with Gasteiger partial charge in [-0.25, -0.2) is 0 Å². The van der Waals surface area contributed by atoms with Crippen molar-refractivity contribution in [1.29, 1.82) is 0 Å². The van der Waals surface area contributed by atoms with Crippen molar-refractivity contribution in [2.75, 3.05) is 25.6 Å². The topological polar surface area (TPSA) is 67.4 Å². The van der Waals surface area contributed by atoms with Gasteiger partial charge in [-0.3, -0.25) is 9.59 Å². The molecule has 0 spiro atoms. The van der Waals surface area contributed by atoms with E-state index in [0.29, 0.717) is 18.8 Å². The van der Waals surface area contributed by atoms with Gasteiger partial charge >= 0.3 is 0 Å². The predicted octanol–water partition coefficient (Wildman–Crippen LogP) is 2.03. The molecular formula is C16H24N2O3. The Labute approximate surface area is 126 Å². The average Bonchev–Trinajstić information content (AvgIpc) is 2.43. The summed E-state index contributed by atoms with van der Waals surface area (Å²) in [7, 11) is 1.56. The Morgan fingerprint density at radius 1 is 1.14 bits per heavy atom. The first-order valence-electron chi connectivity index (χ1n) is 6.95. The zero-order valence-corrected chi connectivity index (χ0v) is 13.4. The molecule has 0 saturated heterocycles. The maximum absolute atomic E-state index is 12.3. The van der Waals surface area contributed by atoms with Gasteiger partial charge < -0.3 is 15.4 Å². The summed E-state index contributed by atoms with van der Waals surface area (Å²) in [5, 5.41) is 5.48. The van der Waals surface area contributed by atoms with Crippen molar-refractivity contribution in [3.8, 4) is 0 Å². The Bertz CT molecular complexity index is 524. The first-order chi connectivity index (χ1) is 9.78. The van der Waals surface area contributed by atoms with Crippen LogP contribution in [0.4, 0.5) is 5.69 Å². The van der Waals surface area contributed by atoms with Gasteiger partial charge in [0.25, 0.3) is 0 Å². The molecule has 0 heterocycles. The Kier molecular flexibility index (Phi) is 5.90. The number of methoxy groups -OCH3 is 1. The van der Waals surface area contributed by atoms with Gasteiger partial charge in [0.2, 0.25) is 11.8 Å². The maximum Gasteiger partial charge on any atom is 0.239 e. The van der Waals surface area contributed by atoms with Crippen LogP contribution in [0.2, 0.25) is 0 Å². The number of amides is 2. The Balaban J connectivity index is 2.71. The molecular weight excluding hydrogens is 268 g/mol. The van der Waals surface area contributed by atoms with E-state index in [1.807, 2.05) is 32.0 Å². The molecule has 1 rings (SSSR count). The summed E-state index contributed by atoms with van der Waals surface area (Å²) in [6, 6.07) is 5.67. The molecule has 0 bridgehead atoms. The lowest BCUT2D eigenvalue weighted by Gasteiger charge is -2.23. The fourth-order valence-corrected chi connectivity index (χ4v) is 1.70. The van der Waals surface area contributed by atoms with Crippen LogP contribution in [0.1, 0.15) is 25.0 Å². The highest BCUT2D eigenvalue weighted by Gasteiger charge is 2.35. The molecule has 0 atom stereocenters. The SMILES string of the molecule is COCCNC(=O)C(C)(C)C(=O)Nc1ccc(C)c(C)c1. The largest absolute Gasteiger partial charge is 0.383 e. The van der Waals surface area contributed by atoms with Crippen molar-refractivity contribution in [1.82, 2.24) is 5.32 Å². The molecule has 2 N–H and O–H groups in total. The van der Waals surface area contributed by atoms with E-state index in [1.54, 1.807) is 21.0 Å². The van der Waals surface area contributed by atoms with Crippen LogP contribution in [-0.4, -0.2) is 32.1 Å². The van der Waals surface area contributed by atoms with Crippen LogP contribution in [-0.2, 0) is 14.3 Å². The third-order valence-corrected chi connectivity index (χ3v) is 3.49. The van der Waals surface area contributed by atoms with Crippen molar-refractivity contribution in [3.05, 3.63) is 29.3 Å². The zero-order valence-electron chi connectivity index (χ0n) is 13.4. The van der Waals surface area contributed by atoms with Gasteiger partial charge in [-0.05, 0) is 51.0 Å². The molecule has 0 unspecified atom stereocenters. The lowest BCUT2D eigenvalue weighted by molar-refractivity contribution is -0.138. The number of hydrogen-bond donors (Lipinski definition) is 2. The van der Waals surface area contributed by atoms with Gasteiger partial charge in [0, 0.05) is 19.3 Å². The van der Waals surface area contributed by atoms with Crippen LogP contribution < -0.4 is 10.6 Å². The maximum atomic E-state index is 12.3. The minimum absolute atomic E-state index is 0.319. The predicted molar refractivity (Wildman–Crippen MR) is 83.2 cm³/mol. The number of carbonyl (C=O) groups is 2. The normalized spacial score (nSPS) is 11.1. The van der Waals surface area contributed by atoms with Crippen molar-refractivity contribution in [2.45, 2.75) is 27.7 Å². The van der Waals surface area contributed by atoms with E-state index in [0.717, 1.165) is 11.1 Å². The molecule has 2 amide bonds. The molecule has 0 fully saturated rings. The van der Waals surface area contributed by atoms with Crippen LogP contribution in [0, 0.1) is 19.3 Å². The highest BCUT2D eigenvalue weighted by atomic mass is 16.5. The number of carbonyl (C=O) groups excluding carboxylic acids is 2. The molecule has 21 heavy (non-hydrogen) atoms. The van der Waals surface area contributed by atoms with Gasteiger partial charge in [-0.2, -0.15) is 0 Å². The average molecular weight is 292 g/mol. The quantitative estimate of drug-likeness (QED) is 0.623. The summed E-state index contributed by atoms with van der Waals surface area (Å²) in [6.45, 7) is 8.00. The van der Waals surface area contributed by atoms with E-state index < -0.39 is 5.41 Å². The number of benzene rings is 1. The van der Waals surface area contributed by atoms with E-state index in [2.05, 4.69) is 10.6 Å². The molecule has 0 aliphatic heterocycles. The number of hydrogen-bond acceptors (Lipinski definition) is 3. The second-order valence-corrected chi connectivity index (χ2v) is 5.63. The molecule has 1 aromatic carbocycles. The standard InChI is InChI=1S/C16H24N2O3/c1-11-6-7-13(10-12(11)2)18-15(20)16(3,4)14(19)17-8-9-21-5/h6-7,10H,8-9H2,1-5H3,(H,17,19)(H,18,20). The van der Waals surface area contributed by atoms with E-state index in [4.69, 9.17) is 4.74 Å².